The van der Waals surface area contributed by atoms with E-state index < -0.39 is 0 Å². The second-order valence-electron chi connectivity index (χ2n) is 7.98. The molecule has 1 N–H and O–H groups in total. The van der Waals surface area contributed by atoms with Crippen LogP contribution in [0.5, 0.6) is 0 Å². The molecule has 2 amide bonds. The quantitative estimate of drug-likeness (QED) is 0.898. The maximum atomic E-state index is 13.7. The minimum atomic E-state index is -0.383. The van der Waals surface area contributed by atoms with Crippen LogP contribution in [0.15, 0.2) is 18.2 Å². The third-order valence-corrected chi connectivity index (χ3v) is 6.21. The highest BCUT2D eigenvalue weighted by molar-refractivity contribution is 5.91. The van der Waals surface area contributed by atoms with E-state index in [1.165, 1.54) is 12.1 Å². The summed E-state index contributed by atoms with van der Waals surface area (Å²) < 4.78 is 13.7. The average Bonchev–Trinajstić information content (AvgIpc) is 3.29. The van der Waals surface area contributed by atoms with Crippen molar-refractivity contribution in [3.63, 3.8) is 0 Å². The number of fused-ring (bicyclic) bond motifs is 1. The van der Waals surface area contributed by atoms with Crippen LogP contribution in [-0.4, -0.2) is 52.8 Å². The lowest BCUT2D eigenvalue weighted by molar-refractivity contribution is -0.136. The minimum absolute atomic E-state index is 0.0156. The number of hydrogen-bond acceptors (Lipinski definition) is 2. The van der Waals surface area contributed by atoms with Crippen LogP contribution in [-0.2, 0) is 16.0 Å². The third kappa shape index (κ3) is 3.01. The van der Waals surface area contributed by atoms with E-state index in [0.29, 0.717) is 13.1 Å². The summed E-state index contributed by atoms with van der Waals surface area (Å²) in [6, 6.07) is 4.61. The number of aromatic nitrogens is 1. The molecule has 2 aromatic rings. The van der Waals surface area contributed by atoms with Crippen molar-refractivity contribution in [2.75, 3.05) is 26.2 Å². The number of rotatable bonds is 4. The molecule has 144 valence electrons. The predicted octanol–water partition coefficient (Wildman–Crippen LogP) is 3.02. The highest BCUT2D eigenvalue weighted by Crippen LogP contribution is 2.41. The molecule has 5 nitrogen and oxygen atoms in total. The number of amides is 2. The second kappa shape index (κ2) is 6.66. The number of carbonyl (C=O) groups excluding carboxylic acids is 2. The highest BCUT2D eigenvalue weighted by Gasteiger charge is 2.51. The summed E-state index contributed by atoms with van der Waals surface area (Å²) in [7, 11) is 0. The van der Waals surface area contributed by atoms with Crippen LogP contribution in [0, 0.1) is 18.2 Å². The van der Waals surface area contributed by atoms with Gasteiger partial charge in [0, 0.05) is 42.8 Å². The normalized spacial score (nSPS) is 22.6. The molecule has 1 atom stereocenters. The molecule has 1 unspecified atom stereocenters. The van der Waals surface area contributed by atoms with Crippen molar-refractivity contribution >= 4 is 22.7 Å². The van der Waals surface area contributed by atoms with E-state index in [1.54, 1.807) is 6.07 Å². The Labute approximate surface area is 158 Å². The van der Waals surface area contributed by atoms with Gasteiger partial charge in [-0.2, -0.15) is 0 Å². The number of H-pyrrole nitrogens is 1. The van der Waals surface area contributed by atoms with Crippen molar-refractivity contribution in [3.05, 3.63) is 35.3 Å². The Kier molecular flexibility index (Phi) is 4.44. The van der Waals surface area contributed by atoms with Crippen molar-refractivity contribution in [1.29, 1.82) is 0 Å². The zero-order valence-corrected chi connectivity index (χ0v) is 16.0. The van der Waals surface area contributed by atoms with Gasteiger partial charge in [-0.15, -0.1) is 0 Å². The molecule has 2 fully saturated rings. The molecule has 2 aliphatic heterocycles. The molecule has 4 rings (SSSR count). The number of nitrogens with one attached hydrogen (secondary N) is 1. The molecule has 1 aromatic carbocycles. The standard InChI is InChI=1S/C21H26FN3O2/c1-3-8-24-9-6-21(20(24)27)7-10-25(13-21)19(26)12-16-14(2)23-18-5-4-15(22)11-17(16)18/h4-5,11,23H,3,6-10,12-13H2,1-2H3. The Morgan fingerprint density at radius 3 is 2.85 bits per heavy atom. The number of aryl methyl sites for hydroxylation is 1. The van der Waals surface area contributed by atoms with E-state index in [0.717, 1.165) is 54.5 Å². The highest BCUT2D eigenvalue weighted by atomic mass is 19.1. The number of hydrogen-bond donors (Lipinski definition) is 1. The molecule has 0 saturated carbocycles. The van der Waals surface area contributed by atoms with Crippen LogP contribution in [0.2, 0.25) is 0 Å². The Bertz CT molecular complexity index is 906. The number of likely N-dealkylation sites (tertiary alicyclic amines) is 2. The van der Waals surface area contributed by atoms with E-state index >= 15 is 0 Å². The molecule has 3 heterocycles. The maximum Gasteiger partial charge on any atom is 0.230 e. The largest absolute Gasteiger partial charge is 0.358 e. The van der Waals surface area contributed by atoms with Gasteiger partial charge in [-0.3, -0.25) is 9.59 Å². The first kappa shape index (κ1) is 18.0. The van der Waals surface area contributed by atoms with Crippen molar-refractivity contribution < 1.29 is 14.0 Å². The number of carbonyl (C=O) groups is 2. The van der Waals surface area contributed by atoms with Crippen molar-refractivity contribution in [2.24, 2.45) is 5.41 Å². The Balaban J connectivity index is 1.50. The van der Waals surface area contributed by atoms with Gasteiger partial charge in [0.15, 0.2) is 0 Å². The second-order valence-corrected chi connectivity index (χ2v) is 7.98. The van der Waals surface area contributed by atoms with Gasteiger partial charge in [-0.25, -0.2) is 4.39 Å². The average molecular weight is 371 g/mol. The SMILES string of the molecule is CCCN1CCC2(CCN(C(=O)Cc3c(C)[nH]c4ccc(F)cc34)C2)C1=O. The summed E-state index contributed by atoms with van der Waals surface area (Å²) >= 11 is 0. The Morgan fingerprint density at radius 1 is 1.30 bits per heavy atom. The summed E-state index contributed by atoms with van der Waals surface area (Å²) in [4.78, 5) is 32.8. The summed E-state index contributed by atoms with van der Waals surface area (Å²) in [5.41, 5.74) is 2.20. The van der Waals surface area contributed by atoms with Crippen LogP contribution < -0.4 is 0 Å². The van der Waals surface area contributed by atoms with E-state index in [2.05, 4.69) is 11.9 Å². The molecule has 1 spiro atoms. The maximum absolute atomic E-state index is 13.7. The van der Waals surface area contributed by atoms with Crippen LogP contribution in [0.3, 0.4) is 0 Å². The monoisotopic (exact) mass is 371 g/mol. The zero-order valence-electron chi connectivity index (χ0n) is 16.0. The first-order chi connectivity index (χ1) is 12.9. The van der Waals surface area contributed by atoms with Gasteiger partial charge in [0.05, 0.1) is 11.8 Å². The molecule has 1 aromatic heterocycles. The first-order valence-electron chi connectivity index (χ1n) is 9.77. The number of halogens is 1. The third-order valence-electron chi connectivity index (χ3n) is 6.21. The van der Waals surface area contributed by atoms with Gasteiger partial charge in [0.25, 0.3) is 0 Å². The van der Waals surface area contributed by atoms with E-state index in [1.807, 2.05) is 16.7 Å². The molecule has 0 aliphatic carbocycles. The number of aromatic amines is 1. The summed E-state index contributed by atoms with van der Waals surface area (Å²) in [6.45, 7) is 6.73. The van der Waals surface area contributed by atoms with Crippen molar-refractivity contribution in [1.82, 2.24) is 14.8 Å². The number of benzene rings is 1. The fourth-order valence-electron chi connectivity index (χ4n) is 4.69. The smallest absolute Gasteiger partial charge is 0.230 e. The van der Waals surface area contributed by atoms with Gasteiger partial charge in [0.2, 0.25) is 11.8 Å². The van der Waals surface area contributed by atoms with E-state index in [9.17, 15) is 14.0 Å². The summed E-state index contributed by atoms with van der Waals surface area (Å²) in [5.74, 6) is -0.0743. The molecular formula is C21H26FN3O2. The Hall–Kier alpha value is -2.37. The minimum Gasteiger partial charge on any atom is -0.358 e. The fraction of sp³-hybridized carbons (Fsp3) is 0.524. The molecule has 0 bridgehead atoms. The topological polar surface area (TPSA) is 56.4 Å². The van der Waals surface area contributed by atoms with Gasteiger partial charge in [0.1, 0.15) is 5.82 Å². The van der Waals surface area contributed by atoms with Crippen LogP contribution >= 0.6 is 0 Å². The van der Waals surface area contributed by atoms with Crippen LogP contribution in [0.4, 0.5) is 4.39 Å². The number of nitrogens with zero attached hydrogens (tertiary/aromatic N) is 2. The lowest BCUT2D eigenvalue weighted by atomic mass is 9.85. The predicted molar refractivity (Wildman–Crippen MR) is 102 cm³/mol. The molecule has 27 heavy (non-hydrogen) atoms. The van der Waals surface area contributed by atoms with E-state index in [4.69, 9.17) is 0 Å². The molecule has 2 aliphatic rings. The summed E-state index contributed by atoms with van der Waals surface area (Å²) in [5, 5.41) is 0.765. The molecule has 0 radical (unpaired) electrons. The lowest BCUT2D eigenvalue weighted by Crippen LogP contribution is -2.39. The van der Waals surface area contributed by atoms with Gasteiger partial charge in [-0.05, 0) is 49.9 Å². The van der Waals surface area contributed by atoms with Crippen molar-refractivity contribution in [2.45, 2.75) is 39.5 Å². The van der Waals surface area contributed by atoms with Gasteiger partial charge in [-0.1, -0.05) is 6.92 Å². The fourth-order valence-corrected chi connectivity index (χ4v) is 4.69. The molecule has 2 saturated heterocycles. The molecule has 6 heteroatoms. The Morgan fingerprint density at radius 2 is 2.07 bits per heavy atom. The molecular weight excluding hydrogens is 345 g/mol. The first-order valence-corrected chi connectivity index (χ1v) is 9.77. The van der Waals surface area contributed by atoms with Gasteiger partial charge >= 0.3 is 0 Å². The summed E-state index contributed by atoms with van der Waals surface area (Å²) in [6.07, 6.45) is 2.78. The van der Waals surface area contributed by atoms with Crippen LogP contribution in [0.1, 0.15) is 37.4 Å². The van der Waals surface area contributed by atoms with Crippen LogP contribution in [0.25, 0.3) is 10.9 Å². The van der Waals surface area contributed by atoms with E-state index in [-0.39, 0.29) is 29.5 Å². The zero-order chi connectivity index (χ0) is 19.2. The lowest BCUT2D eigenvalue weighted by Gasteiger charge is -2.23. The van der Waals surface area contributed by atoms with Gasteiger partial charge < -0.3 is 14.8 Å². The van der Waals surface area contributed by atoms with Crippen molar-refractivity contribution in [3.8, 4) is 0 Å².